The maximum Gasteiger partial charge on any atom is 0.0738 e. The van der Waals surface area contributed by atoms with Crippen molar-refractivity contribution < 1.29 is 0 Å². The van der Waals surface area contributed by atoms with E-state index in [0.717, 1.165) is 29.7 Å². The molecule has 1 rings (SSSR count). The minimum atomic E-state index is 0.444. The summed E-state index contributed by atoms with van der Waals surface area (Å²) in [6.07, 6.45) is 1.11. The van der Waals surface area contributed by atoms with Crippen molar-refractivity contribution in [3.8, 4) is 0 Å². The summed E-state index contributed by atoms with van der Waals surface area (Å²) in [6, 6.07) is 0.444. The van der Waals surface area contributed by atoms with Crippen LogP contribution in [-0.2, 0) is 0 Å². The molecule has 3 nitrogen and oxygen atoms in total. The molecule has 1 atom stereocenters. The summed E-state index contributed by atoms with van der Waals surface area (Å²) in [4.78, 5) is 0. The van der Waals surface area contributed by atoms with Crippen LogP contribution in [0, 0.1) is 19.8 Å². The summed E-state index contributed by atoms with van der Waals surface area (Å²) in [6.45, 7) is 13.0. The van der Waals surface area contributed by atoms with Gasteiger partial charge in [0.15, 0.2) is 0 Å². The molecule has 0 aliphatic rings. The van der Waals surface area contributed by atoms with E-state index >= 15 is 0 Å². The smallest absolute Gasteiger partial charge is 0.0738 e. The van der Waals surface area contributed by atoms with Crippen LogP contribution in [0.25, 0.3) is 0 Å². The number of halogens is 1. The lowest BCUT2D eigenvalue weighted by Crippen LogP contribution is -2.23. The van der Waals surface area contributed by atoms with Gasteiger partial charge in [0.2, 0.25) is 0 Å². The molecule has 1 aromatic heterocycles. The molecule has 1 heterocycles. The Labute approximate surface area is 113 Å². The van der Waals surface area contributed by atoms with E-state index in [1.165, 1.54) is 5.69 Å². The van der Waals surface area contributed by atoms with Crippen molar-refractivity contribution in [2.45, 2.75) is 47.1 Å². The molecule has 0 amide bonds. The van der Waals surface area contributed by atoms with Crippen LogP contribution in [0.1, 0.15) is 44.6 Å². The largest absolute Gasteiger partial charge is 0.316 e. The van der Waals surface area contributed by atoms with Crippen LogP contribution < -0.4 is 5.32 Å². The Morgan fingerprint density at radius 3 is 2.41 bits per heavy atom. The molecule has 0 radical (unpaired) electrons. The highest BCUT2D eigenvalue weighted by Crippen LogP contribution is 2.23. The van der Waals surface area contributed by atoms with Crippen molar-refractivity contribution in [3.05, 3.63) is 15.9 Å². The second-order valence-electron chi connectivity index (χ2n) is 5.17. The van der Waals surface area contributed by atoms with Gasteiger partial charge in [-0.3, -0.25) is 4.68 Å². The van der Waals surface area contributed by atoms with Gasteiger partial charge in [-0.1, -0.05) is 13.8 Å². The lowest BCUT2D eigenvalue weighted by Gasteiger charge is -2.15. The van der Waals surface area contributed by atoms with E-state index < -0.39 is 0 Å². The van der Waals surface area contributed by atoms with Crippen LogP contribution in [0.3, 0.4) is 0 Å². The Kier molecular flexibility index (Phi) is 5.67. The monoisotopic (exact) mass is 301 g/mol. The van der Waals surface area contributed by atoms with E-state index in [0.29, 0.717) is 12.0 Å². The van der Waals surface area contributed by atoms with Gasteiger partial charge in [-0.25, -0.2) is 0 Å². The van der Waals surface area contributed by atoms with Crippen LogP contribution in [0.15, 0.2) is 4.47 Å². The Morgan fingerprint density at radius 2 is 1.94 bits per heavy atom. The van der Waals surface area contributed by atoms with Crippen LogP contribution in [-0.4, -0.2) is 22.9 Å². The predicted molar refractivity (Wildman–Crippen MR) is 76.4 cm³/mol. The number of nitrogens with one attached hydrogen (secondary N) is 1. The second-order valence-corrected chi connectivity index (χ2v) is 5.96. The molecular formula is C13H24BrN3. The van der Waals surface area contributed by atoms with E-state index in [-0.39, 0.29) is 0 Å². The number of aromatic nitrogens is 2. The molecule has 17 heavy (non-hydrogen) atoms. The van der Waals surface area contributed by atoms with Crippen molar-refractivity contribution in [2.75, 3.05) is 13.1 Å². The van der Waals surface area contributed by atoms with Crippen LogP contribution in [0.4, 0.5) is 0 Å². The predicted octanol–water partition coefficient (Wildman–Crippen LogP) is 3.46. The maximum atomic E-state index is 4.57. The van der Waals surface area contributed by atoms with Crippen molar-refractivity contribution in [1.82, 2.24) is 15.1 Å². The second kappa shape index (κ2) is 6.55. The van der Waals surface area contributed by atoms with Gasteiger partial charge in [0.05, 0.1) is 21.9 Å². The zero-order valence-electron chi connectivity index (χ0n) is 11.5. The van der Waals surface area contributed by atoms with Gasteiger partial charge in [0, 0.05) is 0 Å². The van der Waals surface area contributed by atoms with Gasteiger partial charge in [-0.05, 0) is 62.1 Å². The number of rotatable bonds is 6. The Bertz CT molecular complexity index is 358. The summed E-state index contributed by atoms with van der Waals surface area (Å²) in [7, 11) is 0. The zero-order valence-corrected chi connectivity index (χ0v) is 13.1. The quantitative estimate of drug-likeness (QED) is 0.816. The first-order valence-corrected chi connectivity index (χ1v) is 7.14. The first-order chi connectivity index (χ1) is 7.93. The molecule has 0 saturated heterocycles. The molecule has 0 spiro atoms. The molecule has 1 unspecified atom stereocenters. The molecule has 0 fully saturated rings. The Balaban J connectivity index is 2.47. The molecular weight excluding hydrogens is 278 g/mol. The van der Waals surface area contributed by atoms with Gasteiger partial charge in [-0.2, -0.15) is 5.10 Å². The van der Waals surface area contributed by atoms with Crippen LogP contribution in [0.5, 0.6) is 0 Å². The van der Waals surface area contributed by atoms with E-state index in [4.69, 9.17) is 0 Å². The van der Waals surface area contributed by atoms with Crippen molar-refractivity contribution >= 4 is 15.9 Å². The molecule has 4 heteroatoms. The summed E-state index contributed by atoms with van der Waals surface area (Å²) >= 11 is 3.57. The van der Waals surface area contributed by atoms with Gasteiger partial charge in [0.25, 0.3) is 0 Å². The fourth-order valence-electron chi connectivity index (χ4n) is 1.90. The van der Waals surface area contributed by atoms with Gasteiger partial charge >= 0.3 is 0 Å². The third-order valence-corrected chi connectivity index (χ3v) is 4.09. The fraction of sp³-hybridized carbons (Fsp3) is 0.769. The lowest BCUT2D eigenvalue weighted by molar-refractivity contribution is 0.425. The minimum Gasteiger partial charge on any atom is -0.316 e. The van der Waals surface area contributed by atoms with Crippen molar-refractivity contribution in [1.29, 1.82) is 0 Å². The fourth-order valence-corrected chi connectivity index (χ4v) is 2.16. The molecule has 0 bridgehead atoms. The highest BCUT2D eigenvalue weighted by Gasteiger charge is 2.13. The molecule has 0 aromatic carbocycles. The van der Waals surface area contributed by atoms with E-state index in [1.54, 1.807) is 0 Å². The highest BCUT2D eigenvalue weighted by molar-refractivity contribution is 9.10. The van der Waals surface area contributed by atoms with Crippen LogP contribution >= 0.6 is 15.9 Å². The normalized spacial score (nSPS) is 13.4. The summed E-state index contributed by atoms with van der Waals surface area (Å²) in [5.41, 5.74) is 2.29. The summed E-state index contributed by atoms with van der Waals surface area (Å²) in [5, 5.41) is 8.04. The first-order valence-electron chi connectivity index (χ1n) is 6.35. The third-order valence-electron chi connectivity index (χ3n) is 2.95. The number of aryl methyl sites for hydroxylation is 1. The SMILES string of the molecule is Cc1nn(C(C)CCNCC(C)C)c(C)c1Br. The third kappa shape index (κ3) is 4.11. The molecule has 0 aliphatic heterocycles. The standard InChI is InChI=1S/C13H24BrN3/c1-9(2)8-15-7-6-10(3)17-12(5)13(14)11(4)16-17/h9-10,15H,6-8H2,1-5H3. The minimum absolute atomic E-state index is 0.444. The van der Waals surface area contributed by atoms with Crippen molar-refractivity contribution in [2.24, 2.45) is 5.92 Å². The van der Waals surface area contributed by atoms with Gasteiger partial charge in [0.1, 0.15) is 0 Å². The molecule has 1 N–H and O–H groups in total. The van der Waals surface area contributed by atoms with Gasteiger partial charge in [-0.15, -0.1) is 0 Å². The Morgan fingerprint density at radius 1 is 1.29 bits per heavy atom. The zero-order chi connectivity index (χ0) is 13.0. The van der Waals surface area contributed by atoms with Crippen molar-refractivity contribution in [3.63, 3.8) is 0 Å². The van der Waals surface area contributed by atoms with Gasteiger partial charge < -0.3 is 5.32 Å². The average molecular weight is 302 g/mol. The lowest BCUT2D eigenvalue weighted by atomic mass is 10.2. The number of hydrogen-bond acceptors (Lipinski definition) is 2. The van der Waals surface area contributed by atoms with E-state index in [9.17, 15) is 0 Å². The van der Waals surface area contributed by atoms with E-state index in [1.807, 2.05) is 6.92 Å². The Hall–Kier alpha value is -0.350. The average Bonchev–Trinajstić information content (AvgIpc) is 2.52. The topological polar surface area (TPSA) is 29.9 Å². The first kappa shape index (κ1) is 14.7. The molecule has 1 aromatic rings. The molecule has 0 saturated carbocycles. The maximum absolute atomic E-state index is 4.57. The highest BCUT2D eigenvalue weighted by atomic mass is 79.9. The summed E-state index contributed by atoms with van der Waals surface area (Å²) in [5.74, 6) is 0.716. The number of hydrogen-bond donors (Lipinski definition) is 1. The van der Waals surface area contributed by atoms with Crippen LogP contribution in [0.2, 0.25) is 0 Å². The molecule has 0 aliphatic carbocycles. The summed E-state index contributed by atoms with van der Waals surface area (Å²) < 4.78 is 3.26. The van der Waals surface area contributed by atoms with E-state index in [2.05, 4.69) is 58.7 Å². The molecule has 98 valence electrons. The number of nitrogens with zero attached hydrogens (tertiary/aromatic N) is 2.